The van der Waals surface area contributed by atoms with Gasteiger partial charge in [0.25, 0.3) is 16.7 Å². The van der Waals surface area contributed by atoms with Crippen LogP contribution in [0.3, 0.4) is 0 Å². The largest absolute Gasteiger partial charge is 0.387 e. The van der Waals surface area contributed by atoms with Crippen molar-refractivity contribution in [3.63, 3.8) is 0 Å². The average molecular weight is 305 g/mol. The molecule has 2 heterocycles. The van der Waals surface area contributed by atoms with Gasteiger partial charge >= 0.3 is 6.03 Å². The molecule has 12 heteroatoms. The molecule has 21 heavy (non-hydrogen) atoms. The highest BCUT2D eigenvalue weighted by atomic mass is 17.0. The van der Waals surface area contributed by atoms with Crippen LogP contribution in [0.1, 0.15) is 6.92 Å². The number of hydrogen-bond donors (Lipinski definition) is 3. The summed E-state index contributed by atoms with van der Waals surface area (Å²) >= 11 is 0. The Kier molecular flexibility index (Phi) is 3.52. The lowest BCUT2D eigenvalue weighted by Gasteiger charge is -2.30. The molecule has 116 valence electrons. The molecule has 12 nitrogen and oxygen atoms in total. The summed E-state index contributed by atoms with van der Waals surface area (Å²) in [4.78, 5) is 49.4. The third-order valence-corrected chi connectivity index (χ3v) is 3.18. The van der Waals surface area contributed by atoms with E-state index in [0.29, 0.717) is 4.90 Å². The van der Waals surface area contributed by atoms with Gasteiger partial charge in [-0.25, -0.2) is 9.69 Å². The smallest absolute Gasteiger partial charge is 0.333 e. The van der Waals surface area contributed by atoms with Gasteiger partial charge in [-0.3, -0.25) is 14.9 Å². The molecule has 2 saturated heterocycles. The first kappa shape index (κ1) is 15.1. The van der Waals surface area contributed by atoms with Crippen LogP contribution in [-0.4, -0.2) is 68.7 Å². The first-order valence-corrected chi connectivity index (χ1v) is 5.69. The Morgan fingerprint density at radius 1 is 1.57 bits per heavy atom. The number of urea groups is 1. The zero-order valence-corrected chi connectivity index (χ0v) is 10.6. The summed E-state index contributed by atoms with van der Waals surface area (Å²) in [5.74, 6) is -2.07. The number of nitrogens with one attached hydrogen (secondary N) is 1. The Labute approximate surface area is 116 Å². The van der Waals surface area contributed by atoms with Gasteiger partial charge in [0, 0.05) is 6.92 Å². The third-order valence-electron chi connectivity index (χ3n) is 3.18. The lowest BCUT2D eigenvalue weighted by molar-refractivity contribution is -0.759. The lowest BCUT2D eigenvalue weighted by Crippen LogP contribution is -2.59. The second-order valence-corrected chi connectivity index (χ2v) is 4.42. The number of aliphatic hydroxyl groups excluding tert-OH is 2. The van der Waals surface area contributed by atoms with E-state index in [1.54, 1.807) is 5.32 Å². The molecule has 0 saturated carbocycles. The normalized spacial score (nSPS) is 35.2. The Bertz CT molecular complexity index is 523. The highest BCUT2D eigenvalue weighted by Crippen LogP contribution is 2.38. The van der Waals surface area contributed by atoms with E-state index >= 15 is 0 Å². The van der Waals surface area contributed by atoms with E-state index in [2.05, 4.69) is 4.84 Å². The summed E-state index contributed by atoms with van der Waals surface area (Å²) in [6, 6.07) is -1.13. The Hall–Kier alpha value is -2.31. The van der Waals surface area contributed by atoms with Crippen molar-refractivity contribution < 1.29 is 39.3 Å². The molecule has 0 radical (unpaired) electrons. The fourth-order valence-electron chi connectivity index (χ4n) is 2.32. The monoisotopic (exact) mass is 305 g/mol. The Morgan fingerprint density at radius 3 is 2.71 bits per heavy atom. The number of amides is 4. The van der Waals surface area contributed by atoms with Gasteiger partial charge in [0.15, 0.2) is 0 Å². The number of ether oxygens (including phenoxy) is 1. The zero-order valence-electron chi connectivity index (χ0n) is 10.6. The lowest BCUT2D eigenvalue weighted by atomic mass is 10.0. The van der Waals surface area contributed by atoms with Crippen LogP contribution >= 0.6 is 0 Å². The van der Waals surface area contributed by atoms with E-state index in [-0.39, 0.29) is 0 Å². The fraction of sp³-hybridized carbons (Fsp3) is 0.667. The van der Waals surface area contributed by atoms with E-state index in [1.807, 2.05) is 0 Å². The fourth-order valence-corrected chi connectivity index (χ4v) is 2.32. The minimum atomic E-state index is -2.47. The summed E-state index contributed by atoms with van der Waals surface area (Å²) < 4.78 is 5.08. The summed E-state index contributed by atoms with van der Waals surface area (Å²) in [6.45, 7) is 0.156. The predicted molar refractivity (Wildman–Crippen MR) is 58.6 cm³/mol. The van der Waals surface area contributed by atoms with Gasteiger partial charge in [0.05, 0.1) is 0 Å². The van der Waals surface area contributed by atoms with E-state index in [4.69, 9.17) is 4.74 Å². The van der Waals surface area contributed by atoms with Crippen LogP contribution in [0.15, 0.2) is 0 Å². The van der Waals surface area contributed by atoms with Crippen molar-refractivity contribution in [2.75, 3.05) is 6.61 Å². The van der Waals surface area contributed by atoms with Crippen molar-refractivity contribution in [2.24, 2.45) is 0 Å². The van der Waals surface area contributed by atoms with Crippen molar-refractivity contribution in [1.29, 1.82) is 0 Å². The molecule has 0 aliphatic carbocycles. The molecule has 0 bridgehead atoms. The summed E-state index contributed by atoms with van der Waals surface area (Å²) in [7, 11) is 0. The van der Waals surface area contributed by atoms with Crippen molar-refractivity contribution in [3.8, 4) is 0 Å². The van der Waals surface area contributed by atoms with Gasteiger partial charge in [0.2, 0.25) is 5.91 Å². The molecule has 4 amide bonds. The number of carbonyl (C=O) groups is 3. The molecular weight excluding hydrogens is 294 g/mol. The van der Waals surface area contributed by atoms with Gasteiger partial charge < -0.3 is 19.8 Å². The third kappa shape index (κ3) is 2.09. The maximum Gasteiger partial charge on any atom is 0.333 e. The molecule has 1 spiro atoms. The molecule has 2 fully saturated rings. The van der Waals surface area contributed by atoms with Gasteiger partial charge in [0.1, 0.15) is 24.9 Å². The first-order valence-electron chi connectivity index (χ1n) is 5.69. The number of hydrogen-bond acceptors (Lipinski definition) is 9. The van der Waals surface area contributed by atoms with Crippen LogP contribution in [0.5, 0.6) is 0 Å². The highest BCUT2D eigenvalue weighted by Gasteiger charge is 2.68. The van der Waals surface area contributed by atoms with E-state index in [0.717, 1.165) is 6.92 Å². The topological polar surface area (TPSA) is 169 Å². The van der Waals surface area contributed by atoms with Crippen LogP contribution in [0.4, 0.5) is 4.79 Å². The maximum atomic E-state index is 11.9. The van der Waals surface area contributed by atoms with Gasteiger partial charge in [-0.15, -0.1) is 10.1 Å². The Balaban J connectivity index is 2.33. The molecule has 0 aromatic carbocycles. The van der Waals surface area contributed by atoms with Crippen molar-refractivity contribution in [1.82, 2.24) is 10.2 Å². The molecule has 0 aromatic heterocycles. The van der Waals surface area contributed by atoms with E-state index < -0.39 is 53.6 Å². The molecule has 2 rings (SSSR count). The summed E-state index contributed by atoms with van der Waals surface area (Å²) in [5.41, 5.74) is -2.47. The van der Waals surface area contributed by atoms with Gasteiger partial charge in [-0.2, -0.15) is 0 Å². The van der Waals surface area contributed by atoms with Crippen molar-refractivity contribution in [3.05, 3.63) is 10.1 Å². The standard InChI is InChI=1S/C9H11N3O9/c1-3(13)11-8(17)10-7(16)9(11)6(15)5(14)4(21-9)2-20-12(18)19/h4-6,14-15H,2H2,1H3,(H,10,16,17)/t4-,5+,6-,9+/m1/s1. The average Bonchev–Trinajstić information content (AvgIpc) is 2.77. The van der Waals surface area contributed by atoms with Crippen molar-refractivity contribution in [2.45, 2.75) is 31.0 Å². The zero-order chi connectivity index (χ0) is 15.9. The predicted octanol–water partition coefficient (Wildman–Crippen LogP) is -2.89. The second kappa shape index (κ2) is 4.91. The summed E-state index contributed by atoms with van der Waals surface area (Å²) in [5, 5.41) is 30.5. The van der Waals surface area contributed by atoms with Crippen molar-refractivity contribution >= 4 is 17.8 Å². The highest BCUT2D eigenvalue weighted by molar-refractivity contribution is 6.13. The van der Waals surface area contributed by atoms with Gasteiger partial charge in [-0.05, 0) is 0 Å². The molecular formula is C9H11N3O9. The molecule has 4 atom stereocenters. The quantitative estimate of drug-likeness (QED) is 0.281. The molecule has 2 aliphatic rings. The SMILES string of the molecule is CC(=O)N1C(=O)NC(=O)[C@]12O[C@H](CO[N+](=O)[O-])[C@H](O)[C@H]2O. The van der Waals surface area contributed by atoms with Crippen LogP contribution < -0.4 is 5.32 Å². The van der Waals surface area contributed by atoms with Gasteiger partial charge in [-0.1, -0.05) is 0 Å². The first-order chi connectivity index (χ1) is 9.71. The van der Waals surface area contributed by atoms with Crippen LogP contribution in [0.25, 0.3) is 0 Å². The van der Waals surface area contributed by atoms with Crippen LogP contribution in [0, 0.1) is 10.1 Å². The van der Waals surface area contributed by atoms with E-state index in [9.17, 15) is 34.7 Å². The number of nitrogens with zero attached hydrogens (tertiary/aromatic N) is 2. The Morgan fingerprint density at radius 2 is 2.19 bits per heavy atom. The minimum Gasteiger partial charge on any atom is -0.387 e. The van der Waals surface area contributed by atoms with E-state index in [1.165, 1.54) is 0 Å². The van der Waals surface area contributed by atoms with Crippen LogP contribution in [-0.2, 0) is 19.2 Å². The molecule has 0 unspecified atom stereocenters. The molecule has 3 N–H and O–H groups in total. The number of carbonyl (C=O) groups excluding carboxylic acids is 3. The minimum absolute atomic E-state index is 0.315. The number of aliphatic hydroxyl groups is 2. The molecule has 0 aromatic rings. The second-order valence-electron chi connectivity index (χ2n) is 4.42. The maximum absolute atomic E-state index is 11.9. The number of imide groups is 2. The van der Waals surface area contributed by atoms with Crippen LogP contribution in [0.2, 0.25) is 0 Å². The number of rotatable bonds is 3. The summed E-state index contributed by atoms with van der Waals surface area (Å²) in [6.07, 6.45) is -5.24. The molecule has 2 aliphatic heterocycles.